The van der Waals surface area contributed by atoms with Crippen LogP contribution in [-0.2, 0) is 12.0 Å². The van der Waals surface area contributed by atoms with E-state index >= 15 is 0 Å². The molecule has 112 valence electrons. The quantitative estimate of drug-likeness (QED) is 0.879. The van der Waals surface area contributed by atoms with Gasteiger partial charge in [0.25, 0.3) is 0 Å². The molecule has 21 heavy (non-hydrogen) atoms. The third-order valence-corrected chi connectivity index (χ3v) is 4.21. The highest BCUT2D eigenvalue weighted by atomic mass is 35.5. The minimum absolute atomic E-state index is 0.115. The molecule has 0 spiro atoms. The third kappa shape index (κ3) is 4.07. The van der Waals surface area contributed by atoms with E-state index in [0.717, 1.165) is 29.2 Å². The SMILES string of the molecule is CN(Cc1ccccc1Cl)CC(C)(CO)c1ccccc1. The molecule has 2 aromatic carbocycles. The van der Waals surface area contributed by atoms with Crippen LogP contribution in [0, 0.1) is 0 Å². The van der Waals surface area contributed by atoms with Crippen molar-refractivity contribution >= 4 is 11.6 Å². The van der Waals surface area contributed by atoms with Crippen LogP contribution in [-0.4, -0.2) is 30.2 Å². The van der Waals surface area contributed by atoms with Crippen molar-refractivity contribution in [2.75, 3.05) is 20.2 Å². The fraction of sp³-hybridized carbons (Fsp3) is 0.333. The maximum atomic E-state index is 9.86. The molecule has 0 radical (unpaired) electrons. The molecule has 0 heterocycles. The smallest absolute Gasteiger partial charge is 0.0537 e. The molecule has 0 bridgehead atoms. The first-order valence-corrected chi connectivity index (χ1v) is 7.51. The van der Waals surface area contributed by atoms with E-state index in [0.29, 0.717) is 0 Å². The van der Waals surface area contributed by atoms with Crippen LogP contribution in [0.25, 0.3) is 0 Å². The summed E-state index contributed by atoms with van der Waals surface area (Å²) in [6, 6.07) is 18.0. The van der Waals surface area contributed by atoms with Gasteiger partial charge in [0.1, 0.15) is 0 Å². The van der Waals surface area contributed by atoms with Crippen molar-refractivity contribution in [3.63, 3.8) is 0 Å². The van der Waals surface area contributed by atoms with Gasteiger partial charge in [-0.2, -0.15) is 0 Å². The number of nitrogens with zero attached hydrogens (tertiary/aromatic N) is 1. The van der Waals surface area contributed by atoms with Crippen molar-refractivity contribution < 1.29 is 5.11 Å². The topological polar surface area (TPSA) is 23.5 Å². The molecule has 0 aromatic heterocycles. The van der Waals surface area contributed by atoms with Crippen LogP contribution in [0.3, 0.4) is 0 Å². The Kier molecular flexibility index (Phi) is 5.40. The summed E-state index contributed by atoms with van der Waals surface area (Å²) in [7, 11) is 2.06. The van der Waals surface area contributed by atoms with Crippen molar-refractivity contribution in [3.8, 4) is 0 Å². The van der Waals surface area contributed by atoms with Gasteiger partial charge in [-0.3, -0.25) is 0 Å². The van der Waals surface area contributed by atoms with E-state index in [2.05, 4.69) is 31.0 Å². The summed E-state index contributed by atoms with van der Waals surface area (Å²) in [5, 5.41) is 10.6. The maximum absolute atomic E-state index is 9.86. The summed E-state index contributed by atoms with van der Waals surface area (Å²) < 4.78 is 0. The van der Waals surface area contributed by atoms with E-state index < -0.39 is 0 Å². The van der Waals surface area contributed by atoms with E-state index in [9.17, 15) is 5.11 Å². The molecular formula is C18H22ClNO. The number of likely N-dealkylation sites (N-methyl/N-ethyl adjacent to an activating group) is 1. The Morgan fingerprint density at radius 2 is 1.67 bits per heavy atom. The average molecular weight is 304 g/mol. The number of aliphatic hydroxyl groups excluding tert-OH is 1. The lowest BCUT2D eigenvalue weighted by molar-refractivity contribution is 0.156. The van der Waals surface area contributed by atoms with E-state index in [4.69, 9.17) is 11.6 Å². The maximum Gasteiger partial charge on any atom is 0.0537 e. The van der Waals surface area contributed by atoms with Gasteiger partial charge in [-0.15, -0.1) is 0 Å². The molecule has 2 nitrogen and oxygen atoms in total. The summed E-state index contributed by atoms with van der Waals surface area (Å²) in [4.78, 5) is 2.20. The van der Waals surface area contributed by atoms with Crippen LogP contribution in [0.5, 0.6) is 0 Å². The lowest BCUT2D eigenvalue weighted by atomic mass is 9.83. The summed E-state index contributed by atoms with van der Waals surface area (Å²) in [6.45, 7) is 3.73. The van der Waals surface area contributed by atoms with Crippen molar-refractivity contribution in [2.45, 2.75) is 18.9 Å². The standard InChI is InChI=1S/C18H22ClNO/c1-18(14-21,16-9-4-3-5-10-16)13-20(2)12-15-8-6-7-11-17(15)19/h3-11,21H,12-14H2,1-2H3. The molecule has 2 aromatic rings. The van der Waals surface area contributed by atoms with Gasteiger partial charge in [0.15, 0.2) is 0 Å². The Balaban J connectivity index is 2.10. The zero-order valence-corrected chi connectivity index (χ0v) is 13.3. The van der Waals surface area contributed by atoms with Crippen LogP contribution in [0.1, 0.15) is 18.1 Å². The summed E-state index contributed by atoms with van der Waals surface area (Å²) in [5.74, 6) is 0. The highest BCUT2D eigenvalue weighted by Gasteiger charge is 2.27. The lowest BCUT2D eigenvalue weighted by Gasteiger charge is -2.33. The summed E-state index contributed by atoms with van der Waals surface area (Å²) in [5.41, 5.74) is 1.98. The van der Waals surface area contributed by atoms with Crippen LogP contribution in [0.4, 0.5) is 0 Å². The molecule has 3 heteroatoms. The molecule has 0 amide bonds. The second-order valence-electron chi connectivity index (χ2n) is 5.85. The van der Waals surface area contributed by atoms with Crippen LogP contribution >= 0.6 is 11.6 Å². The highest BCUT2D eigenvalue weighted by Crippen LogP contribution is 2.25. The molecule has 1 N–H and O–H groups in total. The van der Waals surface area contributed by atoms with Crippen LogP contribution < -0.4 is 0 Å². The minimum Gasteiger partial charge on any atom is -0.395 e. The second kappa shape index (κ2) is 7.08. The van der Waals surface area contributed by atoms with Gasteiger partial charge in [-0.1, -0.05) is 67.1 Å². The van der Waals surface area contributed by atoms with Crippen LogP contribution in [0.2, 0.25) is 5.02 Å². The van der Waals surface area contributed by atoms with Gasteiger partial charge in [0.05, 0.1) is 6.61 Å². The first-order chi connectivity index (χ1) is 10.0. The average Bonchev–Trinajstić information content (AvgIpc) is 2.50. The number of aliphatic hydroxyl groups is 1. The van der Waals surface area contributed by atoms with Gasteiger partial charge >= 0.3 is 0 Å². The first-order valence-electron chi connectivity index (χ1n) is 7.13. The number of benzene rings is 2. The Labute approximate surface area is 132 Å². The minimum atomic E-state index is -0.280. The van der Waals surface area contributed by atoms with Gasteiger partial charge in [0, 0.05) is 23.5 Å². The van der Waals surface area contributed by atoms with Crippen LogP contribution in [0.15, 0.2) is 54.6 Å². The molecule has 0 aliphatic rings. The Bertz CT molecular complexity index is 572. The van der Waals surface area contributed by atoms with Crippen molar-refractivity contribution in [3.05, 3.63) is 70.7 Å². The Morgan fingerprint density at radius 3 is 2.29 bits per heavy atom. The molecule has 0 aliphatic carbocycles. The van der Waals surface area contributed by atoms with Gasteiger partial charge in [-0.05, 0) is 24.2 Å². The largest absolute Gasteiger partial charge is 0.395 e. The number of rotatable bonds is 6. The normalized spacial score (nSPS) is 14.1. The number of hydrogen-bond acceptors (Lipinski definition) is 2. The third-order valence-electron chi connectivity index (χ3n) is 3.84. The van der Waals surface area contributed by atoms with E-state index in [1.54, 1.807) is 0 Å². The van der Waals surface area contributed by atoms with E-state index in [1.807, 2.05) is 42.5 Å². The fourth-order valence-corrected chi connectivity index (χ4v) is 2.84. The van der Waals surface area contributed by atoms with Crippen molar-refractivity contribution in [1.29, 1.82) is 0 Å². The van der Waals surface area contributed by atoms with Crippen molar-refractivity contribution in [2.24, 2.45) is 0 Å². The lowest BCUT2D eigenvalue weighted by Crippen LogP contribution is -2.39. The number of hydrogen-bond donors (Lipinski definition) is 1. The molecule has 1 unspecified atom stereocenters. The predicted octanol–water partition coefficient (Wildman–Crippen LogP) is 3.72. The second-order valence-corrected chi connectivity index (χ2v) is 6.26. The fourth-order valence-electron chi connectivity index (χ4n) is 2.64. The molecule has 0 saturated carbocycles. The monoisotopic (exact) mass is 303 g/mol. The highest BCUT2D eigenvalue weighted by molar-refractivity contribution is 6.31. The molecule has 2 rings (SSSR count). The van der Waals surface area contributed by atoms with Crippen molar-refractivity contribution in [1.82, 2.24) is 4.90 Å². The predicted molar refractivity (Wildman–Crippen MR) is 88.7 cm³/mol. The van der Waals surface area contributed by atoms with E-state index in [-0.39, 0.29) is 12.0 Å². The zero-order chi connectivity index (χ0) is 15.3. The summed E-state index contributed by atoms with van der Waals surface area (Å²) >= 11 is 6.21. The zero-order valence-electron chi connectivity index (χ0n) is 12.6. The van der Waals surface area contributed by atoms with Gasteiger partial charge in [0.2, 0.25) is 0 Å². The van der Waals surface area contributed by atoms with E-state index in [1.165, 1.54) is 0 Å². The van der Waals surface area contributed by atoms with Gasteiger partial charge in [-0.25, -0.2) is 0 Å². The Morgan fingerprint density at radius 1 is 1.05 bits per heavy atom. The molecular weight excluding hydrogens is 282 g/mol. The molecule has 0 saturated heterocycles. The molecule has 1 atom stereocenters. The first kappa shape index (κ1) is 16.0. The molecule has 0 fully saturated rings. The molecule has 0 aliphatic heterocycles. The Hall–Kier alpha value is -1.35. The van der Waals surface area contributed by atoms with Gasteiger partial charge < -0.3 is 10.0 Å². The summed E-state index contributed by atoms with van der Waals surface area (Å²) in [6.07, 6.45) is 0. The number of halogens is 1.